The zero-order chi connectivity index (χ0) is 11.3. The number of benzene rings is 1. The van der Waals surface area contributed by atoms with E-state index in [0.717, 1.165) is 17.7 Å². The van der Waals surface area contributed by atoms with E-state index >= 15 is 0 Å². The summed E-state index contributed by atoms with van der Waals surface area (Å²) in [5.41, 5.74) is 2.14. The lowest BCUT2D eigenvalue weighted by Crippen LogP contribution is -2.16. The quantitative estimate of drug-likeness (QED) is 0.635. The van der Waals surface area contributed by atoms with Gasteiger partial charge in [0.1, 0.15) is 5.75 Å². The molecule has 0 saturated carbocycles. The molecule has 3 nitrogen and oxygen atoms in total. The van der Waals surface area contributed by atoms with Crippen LogP contribution in [0, 0.1) is 0 Å². The summed E-state index contributed by atoms with van der Waals surface area (Å²) in [6.45, 7) is 2.46. The van der Waals surface area contributed by atoms with E-state index in [9.17, 15) is 4.79 Å². The molecule has 4 heteroatoms. The summed E-state index contributed by atoms with van der Waals surface area (Å²) in [5, 5.41) is 1.98. The lowest BCUT2D eigenvalue weighted by Gasteiger charge is -2.09. The van der Waals surface area contributed by atoms with E-state index in [1.54, 1.807) is 7.11 Å². The van der Waals surface area contributed by atoms with Crippen molar-refractivity contribution in [2.45, 2.75) is 19.9 Å². The Kier molecular flexibility index (Phi) is 4.43. The molecule has 1 N–H and O–H groups in total. The number of ether oxygens (including phenoxy) is 1. The molecule has 0 spiro atoms. The molecule has 1 rings (SSSR count). The van der Waals surface area contributed by atoms with Crippen LogP contribution < -0.4 is 10.1 Å². The highest BCUT2D eigenvalue weighted by molar-refractivity contribution is 6.62. The van der Waals surface area contributed by atoms with Gasteiger partial charge < -0.3 is 10.1 Å². The van der Waals surface area contributed by atoms with E-state index < -0.39 is 5.37 Å². The van der Waals surface area contributed by atoms with E-state index in [2.05, 4.69) is 12.2 Å². The molecular weight excluding hydrogens is 214 g/mol. The molecule has 82 valence electrons. The Hall–Kier alpha value is -1.22. The smallest absolute Gasteiger partial charge is 0.314 e. The first kappa shape index (κ1) is 11.9. The van der Waals surface area contributed by atoms with Crippen LogP contribution in [0.15, 0.2) is 18.2 Å². The van der Waals surface area contributed by atoms with Crippen LogP contribution >= 0.6 is 11.6 Å². The van der Waals surface area contributed by atoms with Gasteiger partial charge in [0.15, 0.2) is 0 Å². The van der Waals surface area contributed by atoms with Crippen molar-refractivity contribution >= 4 is 17.0 Å². The number of nitrogens with one attached hydrogen (secondary N) is 1. The van der Waals surface area contributed by atoms with Crippen molar-refractivity contribution in [2.24, 2.45) is 0 Å². The molecule has 0 fully saturated rings. The van der Waals surface area contributed by atoms with E-state index in [1.807, 2.05) is 18.2 Å². The van der Waals surface area contributed by atoms with Crippen LogP contribution in [0.25, 0.3) is 0 Å². The van der Waals surface area contributed by atoms with Gasteiger partial charge in [-0.05, 0) is 29.7 Å². The van der Waals surface area contributed by atoms with Crippen molar-refractivity contribution < 1.29 is 9.53 Å². The first-order chi connectivity index (χ1) is 7.17. The minimum atomic E-state index is -0.557. The number of aryl methyl sites for hydroxylation is 1. The molecule has 0 unspecified atom stereocenters. The molecule has 0 heterocycles. The number of methoxy groups -OCH3 is 1. The van der Waals surface area contributed by atoms with Gasteiger partial charge >= 0.3 is 5.37 Å². The van der Waals surface area contributed by atoms with Crippen LogP contribution in [0.1, 0.15) is 18.1 Å². The molecule has 0 atom stereocenters. The fourth-order valence-corrected chi connectivity index (χ4v) is 1.42. The molecule has 15 heavy (non-hydrogen) atoms. The van der Waals surface area contributed by atoms with Crippen LogP contribution in [-0.2, 0) is 13.0 Å². The molecule has 0 aromatic heterocycles. The van der Waals surface area contributed by atoms with Crippen LogP contribution in [0.3, 0.4) is 0 Å². The number of hydrogen-bond donors (Lipinski definition) is 1. The Morgan fingerprint density at radius 2 is 2.27 bits per heavy atom. The van der Waals surface area contributed by atoms with Gasteiger partial charge in [-0.2, -0.15) is 0 Å². The standard InChI is InChI=1S/C11H14ClNO2/c1-3-8-4-5-10(15-2)9(6-8)7-13-11(12)14/h4-6H,3,7H2,1-2H3,(H,13,14). The predicted octanol–water partition coefficient (Wildman–Crippen LogP) is 2.71. The van der Waals surface area contributed by atoms with Gasteiger partial charge in [-0.25, -0.2) is 0 Å². The number of rotatable bonds is 4. The van der Waals surface area contributed by atoms with Gasteiger partial charge in [0, 0.05) is 12.1 Å². The summed E-state index contributed by atoms with van der Waals surface area (Å²) in [5.74, 6) is 0.762. The maximum atomic E-state index is 10.6. The largest absolute Gasteiger partial charge is 0.496 e. The molecule has 1 aromatic carbocycles. The summed E-state index contributed by atoms with van der Waals surface area (Å²) < 4.78 is 5.18. The topological polar surface area (TPSA) is 38.3 Å². The second-order valence-corrected chi connectivity index (χ2v) is 3.47. The maximum Gasteiger partial charge on any atom is 0.314 e. The molecule has 1 aromatic rings. The monoisotopic (exact) mass is 227 g/mol. The number of halogens is 1. The Morgan fingerprint density at radius 3 is 2.80 bits per heavy atom. The summed E-state index contributed by atoms with van der Waals surface area (Å²) in [6, 6.07) is 5.91. The van der Waals surface area contributed by atoms with Gasteiger partial charge in [-0.1, -0.05) is 19.1 Å². The van der Waals surface area contributed by atoms with Gasteiger partial charge in [-0.15, -0.1) is 0 Å². The second kappa shape index (κ2) is 5.61. The average Bonchev–Trinajstić information content (AvgIpc) is 2.25. The van der Waals surface area contributed by atoms with Crippen molar-refractivity contribution in [3.8, 4) is 5.75 Å². The lowest BCUT2D eigenvalue weighted by atomic mass is 10.1. The van der Waals surface area contributed by atoms with Gasteiger partial charge in [0.05, 0.1) is 7.11 Å². The number of amides is 1. The van der Waals surface area contributed by atoms with Crippen molar-refractivity contribution in [3.63, 3.8) is 0 Å². The first-order valence-corrected chi connectivity index (χ1v) is 5.14. The summed E-state index contributed by atoms with van der Waals surface area (Å²) in [7, 11) is 1.60. The minimum absolute atomic E-state index is 0.388. The molecule has 0 aliphatic rings. The zero-order valence-electron chi connectivity index (χ0n) is 8.84. The third kappa shape index (κ3) is 3.44. The van der Waals surface area contributed by atoms with Gasteiger partial charge in [0.2, 0.25) is 0 Å². The Morgan fingerprint density at radius 1 is 1.53 bits per heavy atom. The summed E-state index contributed by atoms with van der Waals surface area (Å²) >= 11 is 5.21. The second-order valence-electron chi connectivity index (χ2n) is 3.13. The highest BCUT2D eigenvalue weighted by atomic mass is 35.5. The fraction of sp³-hybridized carbons (Fsp3) is 0.364. The van der Waals surface area contributed by atoms with Crippen molar-refractivity contribution in [1.82, 2.24) is 5.32 Å². The van der Waals surface area contributed by atoms with Gasteiger partial charge in [-0.3, -0.25) is 4.79 Å². The first-order valence-electron chi connectivity index (χ1n) is 4.76. The Bertz CT molecular complexity index is 352. The highest BCUT2D eigenvalue weighted by Gasteiger charge is 2.04. The molecule has 0 saturated heterocycles. The predicted molar refractivity (Wildman–Crippen MR) is 60.5 cm³/mol. The fourth-order valence-electron chi connectivity index (χ4n) is 1.35. The van der Waals surface area contributed by atoms with E-state index in [4.69, 9.17) is 16.3 Å². The van der Waals surface area contributed by atoms with Gasteiger partial charge in [0.25, 0.3) is 0 Å². The molecule has 0 aliphatic carbocycles. The number of carbonyl (C=O) groups excluding carboxylic acids is 1. The van der Waals surface area contributed by atoms with Crippen LogP contribution in [0.5, 0.6) is 5.75 Å². The Labute approximate surface area is 94.4 Å². The van der Waals surface area contributed by atoms with E-state index in [0.29, 0.717) is 6.54 Å². The molecule has 1 amide bonds. The Balaban J connectivity index is 2.85. The van der Waals surface area contributed by atoms with E-state index in [1.165, 1.54) is 5.56 Å². The van der Waals surface area contributed by atoms with E-state index in [-0.39, 0.29) is 0 Å². The highest BCUT2D eigenvalue weighted by Crippen LogP contribution is 2.20. The normalized spacial score (nSPS) is 9.80. The van der Waals surface area contributed by atoms with Crippen LogP contribution in [0.2, 0.25) is 0 Å². The average molecular weight is 228 g/mol. The summed E-state index contributed by atoms with van der Waals surface area (Å²) in [6.07, 6.45) is 0.950. The molecular formula is C11H14ClNO2. The van der Waals surface area contributed by atoms with Crippen molar-refractivity contribution in [2.75, 3.05) is 7.11 Å². The molecule has 0 radical (unpaired) electrons. The molecule has 0 bridgehead atoms. The SMILES string of the molecule is CCc1ccc(OC)c(CNC(=O)Cl)c1. The number of carbonyl (C=O) groups is 1. The summed E-state index contributed by atoms with van der Waals surface area (Å²) in [4.78, 5) is 10.6. The third-order valence-electron chi connectivity index (χ3n) is 2.17. The van der Waals surface area contributed by atoms with Crippen LogP contribution in [-0.4, -0.2) is 12.5 Å². The number of hydrogen-bond acceptors (Lipinski definition) is 2. The van der Waals surface area contributed by atoms with Crippen LogP contribution in [0.4, 0.5) is 4.79 Å². The van der Waals surface area contributed by atoms with Crippen molar-refractivity contribution in [3.05, 3.63) is 29.3 Å². The van der Waals surface area contributed by atoms with Crippen molar-refractivity contribution in [1.29, 1.82) is 0 Å². The zero-order valence-corrected chi connectivity index (χ0v) is 9.60. The minimum Gasteiger partial charge on any atom is -0.496 e. The maximum absolute atomic E-state index is 10.6. The third-order valence-corrected chi connectivity index (χ3v) is 2.30. The molecule has 0 aliphatic heterocycles. The lowest BCUT2D eigenvalue weighted by molar-refractivity contribution is 0.259.